The summed E-state index contributed by atoms with van der Waals surface area (Å²) in [6, 6.07) is 24.0. The number of rotatable bonds is 11. The van der Waals surface area contributed by atoms with Crippen LogP contribution in [-0.2, 0) is 16.1 Å². The summed E-state index contributed by atoms with van der Waals surface area (Å²) in [5.41, 5.74) is 8.01. The highest BCUT2D eigenvalue weighted by atomic mass is 19.4. The number of nitrogens with zero attached hydrogens (tertiary/aromatic N) is 1. The van der Waals surface area contributed by atoms with E-state index in [4.69, 9.17) is 10.5 Å². The third kappa shape index (κ3) is 7.11. The maximum Gasteiger partial charge on any atom is 0.573 e. The van der Waals surface area contributed by atoms with E-state index in [0.29, 0.717) is 17.9 Å². The molecule has 8 nitrogen and oxygen atoms in total. The molecule has 0 radical (unpaired) electrons. The monoisotopic (exact) mass is 596 g/mol. The van der Waals surface area contributed by atoms with Crippen molar-refractivity contribution in [2.24, 2.45) is 17.6 Å². The number of nitrogens with two attached hydrogens (primary N) is 1. The first-order valence-corrected chi connectivity index (χ1v) is 14.2. The van der Waals surface area contributed by atoms with Crippen molar-refractivity contribution in [3.63, 3.8) is 0 Å². The molecule has 3 fully saturated rings. The number of hydrogen-bond donors (Lipinski definition) is 3. The van der Waals surface area contributed by atoms with Gasteiger partial charge in [0.2, 0.25) is 11.8 Å². The van der Waals surface area contributed by atoms with Crippen LogP contribution in [0.4, 0.5) is 13.2 Å². The van der Waals surface area contributed by atoms with Crippen LogP contribution >= 0.6 is 0 Å². The summed E-state index contributed by atoms with van der Waals surface area (Å²) in [6.45, 7) is 1.22. The Morgan fingerprint density at radius 2 is 1.67 bits per heavy atom. The zero-order valence-electron chi connectivity index (χ0n) is 23.7. The number of primary amides is 1. The van der Waals surface area contributed by atoms with Crippen LogP contribution in [0.25, 0.3) is 0 Å². The molecule has 1 unspecified atom stereocenters. The number of amides is 2. The van der Waals surface area contributed by atoms with Gasteiger partial charge < -0.3 is 25.8 Å². The van der Waals surface area contributed by atoms with Crippen LogP contribution < -0.4 is 25.8 Å². The minimum atomic E-state index is -4.83. The first-order chi connectivity index (χ1) is 20.6. The molecule has 4 N–H and O–H groups in total. The van der Waals surface area contributed by atoms with Gasteiger partial charge in [0.05, 0.1) is 19.6 Å². The number of ether oxygens (including phenoxy) is 2. The lowest BCUT2D eigenvalue weighted by atomic mass is 9.66. The van der Waals surface area contributed by atoms with Gasteiger partial charge in [-0.15, -0.1) is 13.2 Å². The van der Waals surface area contributed by atoms with Crippen LogP contribution in [0.1, 0.15) is 29.0 Å². The van der Waals surface area contributed by atoms with Gasteiger partial charge in [-0.05, 0) is 48.2 Å². The molecule has 3 aliphatic heterocycles. The van der Waals surface area contributed by atoms with Gasteiger partial charge in [-0.2, -0.15) is 0 Å². The number of carbonyl (C=O) groups is 2. The van der Waals surface area contributed by atoms with Gasteiger partial charge >= 0.3 is 6.36 Å². The molecular formula is C32H35F3N4O4. The second kappa shape index (κ2) is 13.0. The zero-order chi connectivity index (χ0) is 30.6. The van der Waals surface area contributed by atoms with Crippen molar-refractivity contribution in [3.8, 4) is 11.5 Å². The third-order valence-electron chi connectivity index (χ3n) is 8.39. The van der Waals surface area contributed by atoms with Crippen molar-refractivity contribution >= 4 is 11.8 Å². The second-order valence-electron chi connectivity index (χ2n) is 11.0. The second-order valence-corrected chi connectivity index (χ2v) is 11.0. The highest BCUT2D eigenvalue weighted by molar-refractivity contribution is 5.85. The molecule has 0 spiro atoms. The topological polar surface area (TPSA) is 106 Å². The molecule has 43 heavy (non-hydrogen) atoms. The van der Waals surface area contributed by atoms with Gasteiger partial charge in [0.25, 0.3) is 0 Å². The zero-order valence-corrected chi connectivity index (χ0v) is 23.7. The molecule has 6 rings (SSSR count). The van der Waals surface area contributed by atoms with Crippen molar-refractivity contribution in [3.05, 3.63) is 95.6 Å². The van der Waals surface area contributed by atoms with Crippen LogP contribution in [-0.4, -0.2) is 61.9 Å². The molecule has 228 valence electrons. The molecule has 0 aliphatic carbocycles. The maximum absolute atomic E-state index is 13.3. The minimum absolute atomic E-state index is 0.0564. The number of hydrogen-bond acceptors (Lipinski definition) is 6. The summed E-state index contributed by atoms with van der Waals surface area (Å²) in [5.74, 6) is -1.37. The third-order valence-corrected chi connectivity index (χ3v) is 8.39. The number of fused-ring (bicyclic) bond motifs is 3. The van der Waals surface area contributed by atoms with E-state index >= 15 is 0 Å². The van der Waals surface area contributed by atoms with E-state index in [0.717, 1.165) is 24.1 Å². The highest BCUT2D eigenvalue weighted by Gasteiger charge is 2.52. The Morgan fingerprint density at radius 3 is 2.26 bits per heavy atom. The van der Waals surface area contributed by atoms with Gasteiger partial charge in [-0.3, -0.25) is 14.5 Å². The van der Waals surface area contributed by atoms with E-state index in [1.54, 1.807) is 0 Å². The first-order valence-electron chi connectivity index (χ1n) is 14.2. The highest BCUT2D eigenvalue weighted by Crippen LogP contribution is 2.44. The van der Waals surface area contributed by atoms with E-state index in [-0.39, 0.29) is 48.7 Å². The lowest BCUT2D eigenvalue weighted by Gasteiger charge is -2.56. The van der Waals surface area contributed by atoms with Gasteiger partial charge in [0.15, 0.2) is 0 Å². The number of alkyl halides is 3. The van der Waals surface area contributed by atoms with E-state index < -0.39 is 18.2 Å². The van der Waals surface area contributed by atoms with E-state index in [1.165, 1.54) is 25.3 Å². The van der Waals surface area contributed by atoms with Crippen LogP contribution in [0, 0.1) is 11.8 Å². The van der Waals surface area contributed by atoms with Crippen LogP contribution in [0.15, 0.2) is 78.9 Å². The summed E-state index contributed by atoms with van der Waals surface area (Å²) in [5, 5.41) is 6.30. The van der Waals surface area contributed by atoms with Crippen molar-refractivity contribution in [1.82, 2.24) is 15.5 Å². The smallest absolute Gasteiger partial charge is 0.496 e. The molecule has 3 heterocycles. The molecule has 3 aromatic carbocycles. The molecule has 0 saturated carbocycles. The quantitative estimate of drug-likeness (QED) is 0.311. The number of methoxy groups -OCH3 is 1. The fourth-order valence-electron chi connectivity index (χ4n) is 6.67. The van der Waals surface area contributed by atoms with Gasteiger partial charge in [0, 0.05) is 36.7 Å². The predicted octanol–water partition coefficient (Wildman–Crippen LogP) is 3.81. The number of halogens is 3. The van der Waals surface area contributed by atoms with Crippen molar-refractivity contribution in [1.29, 1.82) is 0 Å². The molecule has 3 aliphatic rings. The Hall–Kier alpha value is -4.09. The van der Waals surface area contributed by atoms with Crippen LogP contribution in [0.5, 0.6) is 11.5 Å². The summed E-state index contributed by atoms with van der Waals surface area (Å²) in [6.07, 6.45) is -4.10. The number of carbonyl (C=O) groups excluding carboxylic acids is 2. The summed E-state index contributed by atoms with van der Waals surface area (Å²) in [4.78, 5) is 27.0. The average Bonchev–Trinajstić information content (AvgIpc) is 3.00. The predicted molar refractivity (Wildman–Crippen MR) is 154 cm³/mol. The minimum Gasteiger partial charge on any atom is -0.496 e. The van der Waals surface area contributed by atoms with E-state index in [2.05, 4.69) is 44.5 Å². The molecule has 2 amide bonds. The number of benzene rings is 3. The van der Waals surface area contributed by atoms with Crippen LogP contribution in [0.2, 0.25) is 0 Å². The van der Waals surface area contributed by atoms with Crippen molar-refractivity contribution < 1.29 is 32.2 Å². The summed E-state index contributed by atoms with van der Waals surface area (Å²) < 4.78 is 48.6. The average molecular weight is 597 g/mol. The fourth-order valence-corrected chi connectivity index (χ4v) is 6.67. The Labute approximate surface area is 248 Å². The molecule has 2 bridgehead atoms. The van der Waals surface area contributed by atoms with Crippen molar-refractivity contribution in [2.45, 2.75) is 37.3 Å². The van der Waals surface area contributed by atoms with E-state index in [9.17, 15) is 22.8 Å². The number of nitrogens with one attached hydrogen (secondary N) is 2. The Balaban J connectivity index is 1.52. The summed E-state index contributed by atoms with van der Waals surface area (Å²) in [7, 11) is 1.46. The normalized spacial score (nSPS) is 23.1. The molecule has 3 aromatic rings. The molecule has 5 atom stereocenters. The molecular weight excluding hydrogens is 561 g/mol. The lowest BCUT2D eigenvalue weighted by molar-refractivity contribution is -0.274. The van der Waals surface area contributed by atoms with Gasteiger partial charge in [0.1, 0.15) is 11.5 Å². The molecule has 3 saturated heterocycles. The van der Waals surface area contributed by atoms with Crippen LogP contribution in [0.3, 0.4) is 0 Å². The lowest BCUT2D eigenvalue weighted by Crippen LogP contribution is -2.69. The standard InChI is InChI=1S/C32H35F3N4O4/c1-42-26-13-12-23(43-32(33,34)35)16-22(26)17-37-29-24-14-15-39(19-25(24)31(41)38-18-27(36)40)30(29)28(20-8-4-2-5-9-20)21-10-6-3-7-11-21/h2-13,16,24-25,28-30,37H,14-15,17-19H2,1H3,(H2,36,40)(H,38,41)/t24-,25-,29-,30+/m0/s1. The molecule has 11 heteroatoms. The van der Waals surface area contributed by atoms with Gasteiger partial charge in [-0.1, -0.05) is 60.7 Å². The summed E-state index contributed by atoms with van der Waals surface area (Å²) >= 11 is 0. The number of piperidine rings is 3. The van der Waals surface area contributed by atoms with Crippen molar-refractivity contribution in [2.75, 3.05) is 26.7 Å². The Bertz CT molecular complexity index is 1370. The molecule has 0 aromatic heterocycles. The SMILES string of the molecule is COc1ccc(OC(F)(F)F)cc1CN[C@H]1[C@H]2CCN(C[C@@H]2C(=O)NCC(N)=O)[C@@H]1C(c1ccccc1)c1ccccc1. The van der Waals surface area contributed by atoms with E-state index in [1.807, 2.05) is 36.4 Å². The largest absolute Gasteiger partial charge is 0.573 e. The Kier molecular flexibility index (Phi) is 9.22. The maximum atomic E-state index is 13.3. The first kappa shape index (κ1) is 30.4. The van der Waals surface area contributed by atoms with Gasteiger partial charge in [-0.25, -0.2) is 0 Å². The Morgan fingerprint density at radius 1 is 1.02 bits per heavy atom. The fraction of sp³-hybridized carbons (Fsp3) is 0.375.